The summed E-state index contributed by atoms with van der Waals surface area (Å²) in [4.78, 5) is 0. The number of aryl methyl sites for hydroxylation is 1. The summed E-state index contributed by atoms with van der Waals surface area (Å²) < 4.78 is 1.87. The van der Waals surface area contributed by atoms with Crippen LogP contribution < -0.4 is 5.32 Å². The van der Waals surface area contributed by atoms with Gasteiger partial charge in [0, 0.05) is 34.4 Å². The minimum atomic E-state index is 0.171. The van der Waals surface area contributed by atoms with Crippen molar-refractivity contribution < 1.29 is 0 Å². The number of nitrogens with zero attached hydrogens (tertiary/aromatic N) is 2. The second-order valence-corrected chi connectivity index (χ2v) is 5.43. The molecule has 1 aromatic carbocycles. The van der Waals surface area contributed by atoms with E-state index in [9.17, 15) is 0 Å². The van der Waals surface area contributed by atoms with Crippen molar-refractivity contribution in [1.82, 2.24) is 15.1 Å². The highest BCUT2D eigenvalue weighted by molar-refractivity contribution is 6.33. The minimum Gasteiger partial charge on any atom is -0.313 e. The number of halogens is 2. The van der Waals surface area contributed by atoms with E-state index in [4.69, 9.17) is 23.2 Å². The molecule has 1 unspecified atom stereocenters. The lowest BCUT2D eigenvalue weighted by atomic mass is 9.99. The first-order valence-electron chi connectivity index (χ1n) is 6.12. The van der Waals surface area contributed by atoms with E-state index in [1.165, 1.54) is 5.56 Å². The molecule has 0 bridgehead atoms. The summed E-state index contributed by atoms with van der Waals surface area (Å²) in [6.45, 7) is 2.06. The van der Waals surface area contributed by atoms with Crippen molar-refractivity contribution >= 4 is 23.2 Å². The normalized spacial score (nSPS) is 12.7. The monoisotopic (exact) mass is 297 g/mol. The van der Waals surface area contributed by atoms with Gasteiger partial charge < -0.3 is 5.32 Å². The molecule has 1 atom stereocenters. The van der Waals surface area contributed by atoms with E-state index in [0.717, 1.165) is 22.7 Å². The Morgan fingerprint density at radius 2 is 2.11 bits per heavy atom. The zero-order chi connectivity index (χ0) is 14.0. The maximum atomic E-state index is 6.22. The Labute approximate surface area is 123 Å². The highest BCUT2D eigenvalue weighted by Gasteiger charge is 2.17. The molecule has 2 aromatic rings. The lowest BCUT2D eigenvalue weighted by Gasteiger charge is -2.17. The van der Waals surface area contributed by atoms with Crippen molar-refractivity contribution in [2.75, 3.05) is 7.05 Å². The van der Waals surface area contributed by atoms with Crippen molar-refractivity contribution in [3.05, 3.63) is 51.3 Å². The Hall–Kier alpha value is -1.03. The first-order chi connectivity index (χ1) is 9.02. The highest BCUT2D eigenvalue weighted by Crippen LogP contribution is 2.27. The second kappa shape index (κ2) is 5.95. The predicted molar refractivity (Wildman–Crippen MR) is 79.9 cm³/mol. The van der Waals surface area contributed by atoms with Crippen molar-refractivity contribution in [3.63, 3.8) is 0 Å². The maximum absolute atomic E-state index is 6.22. The molecule has 0 aliphatic heterocycles. The van der Waals surface area contributed by atoms with Crippen molar-refractivity contribution in [2.24, 2.45) is 7.05 Å². The lowest BCUT2D eigenvalue weighted by molar-refractivity contribution is 0.586. The van der Waals surface area contributed by atoms with E-state index in [1.807, 2.05) is 37.1 Å². The molecule has 0 fully saturated rings. The molecule has 5 heteroatoms. The van der Waals surface area contributed by atoms with Gasteiger partial charge in [-0.3, -0.25) is 4.68 Å². The number of hydrogen-bond donors (Lipinski definition) is 1. The van der Waals surface area contributed by atoms with Crippen molar-refractivity contribution in [1.29, 1.82) is 0 Å². The van der Waals surface area contributed by atoms with E-state index >= 15 is 0 Å². The zero-order valence-corrected chi connectivity index (χ0v) is 12.8. The molecule has 3 nitrogen and oxygen atoms in total. The van der Waals surface area contributed by atoms with E-state index in [1.54, 1.807) is 6.07 Å². The summed E-state index contributed by atoms with van der Waals surface area (Å²) in [5.74, 6) is 0. The quantitative estimate of drug-likeness (QED) is 0.935. The fourth-order valence-corrected chi connectivity index (χ4v) is 2.53. The van der Waals surface area contributed by atoms with Gasteiger partial charge in [-0.1, -0.05) is 23.2 Å². The fraction of sp³-hybridized carbons (Fsp3) is 0.357. The smallest absolute Gasteiger partial charge is 0.0540 e. The Kier molecular flexibility index (Phi) is 4.50. The summed E-state index contributed by atoms with van der Waals surface area (Å²) in [6, 6.07) is 5.73. The van der Waals surface area contributed by atoms with Gasteiger partial charge in [-0.25, -0.2) is 0 Å². The average molecular weight is 298 g/mol. The van der Waals surface area contributed by atoms with E-state index < -0.39 is 0 Å². The summed E-state index contributed by atoms with van der Waals surface area (Å²) >= 11 is 12.3. The van der Waals surface area contributed by atoms with Gasteiger partial charge in [0.2, 0.25) is 0 Å². The van der Waals surface area contributed by atoms with Crippen LogP contribution in [0.25, 0.3) is 0 Å². The van der Waals surface area contributed by atoms with E-state index in [0.29, 0.717) is 5.02 Å². The van der Waals surface area contributed by atoms with Gasteiger partial charge in [-0.2, -0.15) is 5.10 Å². The summed E-state index contributed by atoms with van der Waals surface area (Å²) in [5.41, 5.74) is 3.37. The standard InChI is InChI=1S/C14H17Cl2N3/c1-9-12(8-18-19(9)3)14(17-2)7-10-6-11(15)4-5-13(10)16/h4-6,8,14,17H,7H2,1-3H3. The third kappa shape index (κ3) is 3.11. The van der Waals surface area contributed by atoms with E-state index in [2.05, 4.69) is 17.3 Å². The molecule has 0 saturated carbocycles. The van der Waals surface area contributed by atoms with Gasteiger partial charge in [-0.05, 0) is 44.2 Å². The molecule has 2 rings (SSSR count). The molecule has 0 saturated heterocycles. The van der Waals surface area contributed by atoms with Crippen LogP contribution in [0.1, 0.15) is 22.9 Å². The molecule has 1 aromatic heterocycles. The summed E-state index contributed by atoms with van der Waals surface area (Å²) in [6.07, 6.45) is 2.68. The van der Waals surface area contributed by atoms with Gasteiger partial charge in [0.15, 0.2) is 0 Å². The molecule has 0 spiro atoms. The van der Waals surface area contributed by atoms with Crippen LogP contribution in [0, 0.1) is 6.92 Å². The zero-order valence-electron chi connectivity index (χ0n) is 11.2. The van der Waals surface area contributed by atoms with Crippen LogP contribution in [-0.2, 0) is 13.5 Å². The molecule has 0 amide bonds. The van der Waals surface area contributed by atoms with Gasteiger partial charge in [0.25, 0.3) is 0 Å². The largest absolute Gasteiger partial charge is 0.313 e. The third-order valence-electron chi connectivity index (χ3n) is 3.43. The van der Waals surface area contributed by atoms with Crippen LogP contribution in [0.2, 0.25) is 10.0 Å². The van der Waals surface area contributed by atoms with Gasteiger partial charge in [0.05, 0.1) is 6.20 Å². The number of benzene rings is 1. The summed E-state index contributed by atoms with van der Waals surface area (Å²) in [5, 5.41) is 9.04. The molecular formula is C14H17Cl2N3. The molecule has 19 heavy (non-hydrogen) atoms. The van der Waals surface area contributed by atoms with Crippen LogP contribution in [0.15, 0.2) is 24.4 Å². The number of aromatic nitrogens is 2. The maximum Gasteiger partial charge on any atom is 0.0540 e. The number of likely N-dealkylation sites (N-methyl/N-ethyl adjacent to an activating group) is 1. The SMILES string of the molecule is CNC(Cc1cc(Cl)ccc1Cl)c1cnn(C)c1C. The van der Waals surface area contributed by atoms with E-state index in [-0.39, 0.29) is 6.04 Å². The predicted octanol–water partition coefficient (Wildman–Crippen LogP) is 3.54. The summed E-state index contributed by atoms with van der Waals surface area (Å²) in [7, 11) is 3.88. The molecule has 1 N–H and O–H groups in total. The first-order valence-corrected chi connectivity index (χ1v) is 6.88. The average Bonchev–Trinajstić information content (AvgIpc) is 2.71. The van der Waals surface area contributed by atoms with Gasteiger partial charge >= 0.3 is 0 Å². The molecule has 0 radical (unpaired) electrons. The van der Waals surface area contributed by atoms with Crippen LogP contribution in [0.5, 0.6) is 0 Å². The van der Waals surface area contributed by atoms with Crippen LogP contribution in [0.4, 0.5) is 0 Å². The molecule has 1 heterocycles. The van der Waals surface area contributed by atoms with Gasteiger partial charge in [0.1, 0.15) is 0 Å². The van der Waals surface area contributed by atoms with Crippen molar-refractivity contribution in [3.8, 4) is 0 Å². The minimum absolute atomic E-state index is 0.171. The fourth-order valence-electron chi connectivity index (χ4n) is 2.14. The third-order valence-corrected chi connectivity index (χ3v) is 4.03. The Balaban J connectivity index is 2.29. The Morgan fingerprint density at radius 3 is 2.68 bits per heavy atom. The van der Waals surface area contributed by atoms with Crippen LogP contribution in [0.3, 0.4) is 0 Å². The van der Waals surface area contributed by atoms with Crippen LogP contribution >= 0.6 is 23.2 Å². The number of rotatable bonds is 4. The lowest BCUT2D eigenvalue weighted by Crippen LogP contribution is -2.19. The number of hydrogen-bond acceptors (Lipinski definition) is 2. The molecule has 0 aliphatic rings. The topological polar surface area (TPSA) is 29.9 Å². The van der Waals surface area contributed by atoms with Crippen molar-refractivity contribution in [2.45, 2.75) is 19.4 Å². The second-order valence-electron chi connectivity index (χ2n) is 4.59. The molecular weight excluding hydrogens is 281 g/mol. The Morgan fingerprint density at radius 1 is 1.37 bits per heavy atom. The molecule has 0 aliphatic carbocycles. The Bertz CT molecular complexity index is 578. The van der Waals surface area contributed by atoms with Gasteiger partial charge in [-0.15, -0.1) is 0 Å². The highest BCUT2D eigenvalue weighted by atomic mass is 35.5. The van der Waals surface area contributed by atoms with Crippen LogP contribution in [-0.4, -0.2) is 16.8 Å². The number of nitrogens with one attached hydrogen (secondary N) is 1. The molecule has 102 valence electrons. The first kappa shape index (κ1) is 14.4.